The first-order chi connectivity index (χ1) is 11.5. The average molecular weight is 336 g/mol. The number of carbonyl (C=O) groups is 2. The fraction of sp³-hybridized carbons (Fsp3) is 0.750. The number of methoxy groups -OCH3 is 1. The summed E-state index contributed by atoms with van der Waals surface area (Å²) in [5.41, 5.74) is -0.368. The highest BCUT2D eigenvalue weighted by Crippen LogP contribution is 2.43. The lowest BCUT2D eigenvalue weighted by atomic mass is 9.68. The van der Waals surface area contributed by atoms with Crippen LogP contribution in [-0.2, 0) is 16.1 Å². The summed E-state index contributed by atoms with van der Waals surface area (Å²) in [5.74, 6) is -0.593. The van der Waals surface area contributed by atoms with Crippen molar-refractivity contribution in [1.82, 2.24) is 19.9 Å². The van der Waals surface area contributed by atoms with Crippen molar-refractivity contribution in [2.75, 3.05) is 26.8 Å². The smallest absolute Gasteiger partial charge is 0.358 e. The molecule has 1 aliphatic heterocycles. The number of aromatic carboxylic acids is 1. The number of carboxylic acid groups (broad SMARTS) is 1. The topological polar surface area (TPSA) is 97.5 Å². The molecule has 2 fully saturated rings. The van der Waals surface area contributed by atoms with Crippen molar-refractivity contribution in [2.45, 2.75) is 38.6 Å². The van der Waals surface area contributed by atoms with E-state index in [0.29, 0.717) is 19.7 Å². The number of carbonyl (C=O) groups excluding carboxylic acids is 1. The van der Waals surface area contributed by atoms with Crippen LogP contribution in [0, 0.1) is 11.3 Å². The van der Waals surface area contributed by atoms with Gasteiger partial charge in [-0.15, -0.1) is 5.10 Å². The van der Waals surface area contributed by atoms with Gasteiger partial charge >= 0.3 is 5.97 Å². The standard InChI is InChI=1S/C16H24N4O4/c1-24-11-16(5-3-6-16)15(23)19-7-2-4-12(8-19)9-20-10-13(14(21)22)17-18-20/h10,12H,2-9,11H2,1H3,(H,21,22)/t12-/m1/s1. The minimum absolute atomic E-state index is 0.0488. The quantitative estimate of drug-likeness (QED) is 0.833. The van der Waals surface area contributed by atoms with Crippen molar-refractivity contribution in [3.8, 4) is 0 Å². The van der Waals surface area contributed by atoms with Crippen molar-refractivity contribution in [2.24, 2.45) is 11.3 Å². The molecule has 0 aromatic carbocycles. The Labute approximate surface area is 140 Å². The van der Waals surface area contributed by atoms with Crippen LogP contribution in [0.1, 0.15) is 42.6 Å². The minimum Gasteiger partial charge on any atom is -0.476 e. The molecule has 2 heterocycles. The zero-order valence-electron chi connectivity index (χ0n) is 14.0. The van der Waals surface area contributed by atoms with Gasteiger partial charge in [0.15, 0.2) is 5.69 Å². The third-order valence-corrected chi connectivity index (χ3v) is 5.19. The number of ether oxygens (including phenoxy) is 1. The third kappa shape index (κ3) is 3.28. The van der Waals surface area contributed by atoms with Gasteiger partial charge in [-0.2, -0.15) is 0 Å². The van der Waals surface area contributed by atoms with Crippen LogP contribution in [0.15, 0.2) is 6.20 Å². The van der Waals surface area contributed by atoms with Gasteiger partial charge in [0.25, 0.3) is 0 Å². The molecule has 1 aromatic heterocycles. The zero-order valence-corrected chi connectivity index (χ0v) is 14.0. The van der Waals surface area contributed by atoms with E-state index in [9.17, 15) is 9.59 Å². The van der Waals surface area contributed by atoms with E-state index in [2.05, 4.69) is 10.3 Å². The van der Waals surface area contributed by atoms with Crippen LogP contribution < -0.4 is 0 Å². The summed E-state index contributed by atoms with van der Waals surface area (Å²) in [4.78, 5) is 25.8. The summed E-state index contributed by atoms with van der Waals surface area (Å²) < 4.78 is 6.85. The third-order valence-electron chi connectivity index (χ3n) is 5.19. The molecule has 3 rings (SSSR count). The van der Waals surface area contributed by atoms with E-state index in [4.69, 9.17) is 9.84 Å². The highest BCUT2D eigenvalue weighted by Gasteiger charge is 2.47. The Bertz CT molecular complexity index is 611. The van der Waals surface area contributed by atoms with E-state index in [0.717, 1.165) is 38.6 Å². The molecule has 2 aliphatic rings. The van der Waals surface area contributed by atoms with Crippen LogP contribution >= 0.6 is 0 Å². The number of amides is 1. The van der Waals surface area contributed by atoms with E-state index in [1.54, 1.807) is 11.8 Å². The molecule has 0 unspecified atom stereocenters. The molecule has 1 atom stereocenters. The van der Waals surface area contributed by atoms with Crippen LogP contribution in [0.5, 0.6) is 0 Å². The van der Waals surface area contributed by atoms with Crippen molar-refractivity contribution in [3.05, 3.63) is 11.9 Å². The van der Waals surface area contributed by atoms with Crippen LogP contribution in [0.25, 0.3) is 0 Å². The Hall–Kier alpha value is -1.96. The Morgan fingerprint density at radius 2 is 2.21 bits per heavy atom. The molecule has 1 amide bonds. The van der Waals surface area contributed by atoms with Crippen molar-refractivity contribution >= 4 is 11.9 Å². The number of likely N-dealkylation sites (tertiary alicyclic amines) is 1. The van der Waals surface area contributed by atoms with Gasteiger partial charge in [-0.05, 0) is 31.6 Å². The number of nitrogens with zero attached hydrogens (tertiary/aromatic N) is 4. The molecule has 1 aromatic rings. The van der Waals surface area contributed by atoms with Crippen molar-refractivity contribution < 1.29 is 19.4 Å². The van der Waals surface area contributed by atoms with Crippen LogP contribution in [-0.4, -0.2) is 63.7 Å². The first-order valence-electron chi connectivity index (χ1n) is 8.46. The first-order valence-corrected chi connectivity index (χ1v) is 8.46. The van der Waals surface area contributed by atoms with E-state index in [1.165, 1.54) is 6.20 Å². The maximum atomic E-state index is 12.9. The molecule has 1 aliphatic carbocycles. The fourth-order valence-electron chi connectivity index (χ4n) is 3.78. The van der Waals surface area contributed by atoms with Gasteiger partial charge in [0, 0.05) is 26.7 Å². The normalized spacial score (nSPS) is 22.9. The largest absolute Gasteiger partial charge is 0.476 e. The lowest BCUT2D eigenvalue weighted by molar-refractivity contribution is -0.154. The summed E-state index contributed by atoms with van der Waals surface area (Å²) in [6.45, 7) is 2.56. The fourth-order valence-corrected chi connectivity index (χ4v) is 3.78. The molecule has 24 heavy (non-hydrogen) atoms. The SMILES string of the molecule is COCC1(C(=O)N2CCC[C@@H](Cn3cc(C(=O)O)nn3)C2)CCC1. The lowest BCUT2D eigenvalue weighted by Crippen LogP contribution is -2.53. The Morgan fingerprint density at radius 3 is 2.79 bits per heavy atom. The second-order valence-corrected chi connectivity index (χ2v) is 6.96. The molecule has 132 valence electrons. The molecule has 1 saturated carbocycles. The molecule has 0 radical (unpaired) electrons. The van der Waals surface area contributed by atoms with E-state index in [-0.39, 0.29) is 22.9 Å². The molecule has 1 N–H and O–H groups in total. The van der Waals surface area contributed by atoms with Gasteiger partial charge in [0.1, 0.15) is 0 Å². The predicted octanol–water partition coefficient (Wildman–Crippen LogP) is 1.03. The van der Waals surface area contributed by atoms with Gasteiger partial charge in [-0.25, -0.2) is 4.79 Å². The lowest BCUT2D eigenvalue weighted by Gasteiger charge is -2.45. The number of carboxylic acids is 1. The highest BCUT2D eigenvalue weighted by atomic mass is 16.5. The van der Waals surface area contributed by atoms with Crippen LogP contribution in [0.2, 0.25) is 0 Å². The summed E-state index contributed by atoms with van der Waals surface area (Å²) in [6, 6.07) is 0. The number of aromatic nitrogens is 3. The van der Waals surface area contributed by atoms with E-state index >= 15 is 0 Å². The number of piperidine rings is 1. The Morgan fingerprint density at radius 1 is 1.42 bits per heavy atom. The second kappa shape index (κ2) is 6.88. The maximum Gasteiger partial charge on any atom is 0.358 e. The minimum atomic E-state index is -1.08. The summed E-state index contributed by atoms with van der Waals surface area (Å²) >= 11 is 0. The van der Waals surface area contributed by atoms with Gasteiger partial charge in [0.2, 0.25) is 5.91 Å². The highest BCUT2D eigenvalue weighted by molar-refractivity contribution is 5.84. The molecule has 8 heteroatoms. The molecule has 0 spiro atoms. The van der Waals surface area contributed by atoms with Gasteiger partial charge in [-0.1, -0.05) is 11.6 Å². The molecular weight excluding hydrogens is 312 g/mol. The van der Waals surface area contributed by atoms with E-state index in [1.807, 2.05) is 4.90 Å². The van der Waals surface area contributed by atoms with Gasteiger partial charge in [-0.3, -0.25) is 9.48 Å². The van der Waals surface area contributed by atoms with Gasteiger partial charge in [0.05, 0.1) is 18.2 Å². The zero-order chi connectivity index (χ0) is 17.2. The van der Waals surface area contributed by atoms with Gasteiger partial charge < -0.3 is 14.7 Å². The van der Waals surface area contributed by atoms with Crippen molar-refractivity contribution in [1.29, 1.82) is 0 Å². The number of hydrogen-bond acceptors (Lipinski definition) is 5. The van der Waals surface area contributed by atoms with Crippen molar-refractivity contribution in [3.63, 3.8) is 0 Å². The average Bonchev–Trinajstić information content (AvgIpc) is 2.99. The molecule has 0 bridgehead atoms. The Balaban J connectivity index is 1.61. The van der Waals surface area contributed by atoms with Crippen LogP contribution in [0.3, 0.4) is 0 Å². The summed E-state index contributed by atoms with van der Waals surface area (Å²) in [5, 5.41) is 16.4. The molecule has 1 saturated heterocycles. The molecular formula is C16H24N4O4. The first kappa shape index (κ1) is 16.9. The number of hydrogen-bond donors (Lipinski definition) is 1. The Kier molecular flexibility index (Phi) is 4.84. The summed E-state index contributed by atoms with van der Waals surface area (Å²) in [7, 11) is 1.65. The van der Waals surface area contributed by atoms with Crippen LogP contribution in [0.4, 0.5) is 0 Å². The maximum absolute atomic E-state index is 12.9. The molecule has 8 nitrogen and oxygen atoms in total. The van der Waals surface area contributed by atoms with E-state index < -0.39 is 5.97 Å². The monoisotopic (exact) mass is 336 g/mol. The predicted molar refractivity (Wildman–Crippen MR) is 84.4 cm³/mol. The second-order valence-electron chi connectivity index (χ2n) is 6.96. The number of rotatable bonds is 6. The summed E-state index contributed by atoms with van der Waals surface area (Å²) in [6.07, 6.45) is 6.31.